The smallest absolute Gasteiger partial charge is 0.341 e. The Bertz CT molecular complexity index is 745. The number of hydrogen-bond acceptors (Lipinski definition) is 6. The molecule has 1 saturated heterocycles. The van der Waals surface area contributed by atoms with Gasteiger partial charge < -0.3 is 19.8 Å². The molecule has 0 spiro atoms. The van der Waals surface area contributed by atoms with Crippen LogP contribution in [-0.2, 0) is 21.6 Å². The fourth-order valence-electron chi connectivity index (χ4n) is 3.20. The SMILES string of the molecule is COC(=O)c1cc(CNC(=O)C2(n3cccn3)CCNCC2)oc1C. The van der Waals surface area contributed by atoms with Gasteiger partial charge in [0.15, 0.2) is 0 Å². The van der Waals surface area contributed by atoms with Crippen LogP contribution in [0, 0.1) is 6.92 Å². The molecule has 0 bridgehead atoms. The maximum Gasteiger partial charge on any atom is 0.341 e. The van der Waals surface area contributed by atoms with Crippen LogP contribution in [-0.4, -0.2) is 41.9 Å². The van der Waals surface area contributed by atoms with Crippen molar-refractivity contribution in [3.63, 3.8) is 0 Å². The Morgan fingerprint density at radius 2 is 2.20 bits per heavy atom. The van der Waals surface area contributed by atoms with Gasteiger partial charge in [0.25, 0.3) is 0 Å². The van der Waals surface area contributed by atoms with E-state index in [9.17, 15) is 9.59 Å². The number of piperidine rings is 1. The maximum absolute atomic E-state index is 12.9. The first kappa shape index (κ1) is 17.2. The van der Waals surface area contributed by atoms with Crippen molar-refractivity contribution in [1.29, 1.82) is 0 Å². The van der Waals surface area contributed by atoms with E-state index in [1.165, 1.54) is 7.11 Å². The summed E-state index contributed by atoms with van der Waals surface area (Å²) in [6.07, 6.45) is 4.81. The lowest BCUT2D eigenvalue weighted by molar-refractivity contribution is -0.132. The largest absolute Gasteiger partial charge is 0.465 e. The van der Waals surface area contributed by atoms with E-state index in [0.717, 1.165) is 13.1 Å². The van der Waals surface area contributed by atoms with Gasteiger partial charge in [-0.1, -0.05) is 0 Å². The van der Waals surface area contributed by atoms with E-state index in [1.807, 2.05) is 12.3 Å². The van der Waals surface area contributed by atoms with E-state index in [-0.39, 0.29) is 12.5 Å². The molecule has 134 valence electrons. The summed E-state index contributed by atoms with van der Waals surface area (Å²) in [6, 6.07) is 3.42. The van der Waals surface area contributed by atoms with Crippen molar-refractivity contribution in [3.05, 3.63) is 41.6 Å². The molecule has 1 aliphatic rings. The van der Waals surface area contributed by atoms with Crippen molar-refractivity contribution in [2.75, 3.05) is 20.2 Å². The van der Waals surface area contributed by atoms with Gasteiger partial charge in [0, 0.05) is 12.4 Å². The number of carbonyl (C=O) groups is 2. The van der Waals surface area contributed by atoms with Gasteiger partial charge in [-0.2, -0.15) is 5.10 Å². The summed E-state index contributed by atoms with van der Waals surface area (Å²) in [5.41, 5.74) is -0.336. The Morgan fingerprint density at radius 1 is 1.44 bits per heavy atom. The van der Waals surface area contributed by atoms with Gasteiger partial charge in [0.2, 0.25) is 5.91 Å². The Hall–Kier alpha value is -2.61. The zero-order chi connectivity index (χ0) is 17.9. The molecular formula is C17H22N4O4. The molecule has 1 fully saturated rings. The number of esters is 1. The highest BCUT2D eigenvalue weighted by Crippen LogP contribution is 2.27. The molecule has 0 saturated carbocycles. The van der Waals surface area contributed by atoms with E-state index >= 15 is 0 Å². The number of nitrogens with one attached hydrogen (secondary N) is 2. The van der Waals surface area contributed by atoms with Gasteiger partial charge in [0.1, 0.15) is 22.6 Å². The Morgan fingerprint density at radius 3 is 2.84 bits per heavy atom. The van der Waals surface area contributed by atoms with Crippen LogP contribution < -0.4 is 10.6 Å². The van der Waals surface area contributed by atoms with Crippen molar-refractivity contribution < 1.29 is 18.7 Å². The summed E-state index contributed by atoms with van der Waals surface area (Å²) in [5.74, 6) is 0.423. The highest BCUT2D eigenvalue weighted by atomic mass is 16.5. The molecule has 1 amide bonds. The van der Waals surface area contributed by atoms with Gasteiger partial charge in [-0.3, -0.25) is 9.48 Å². The lowest BCUT2D eigenvalue weighted by Gasteiger charge is -2.36. The number of aryl methyl sites for hydroxylation is 1. The summed E-state index contributed by atoms with van der Waals surface area (Å²) in [4.78, 5) is 24.6. The molecule has 3 rings (SSSR count). The number of carbonyl (C=O) groups excluding carboxylic acids is 2. The zero-order valence-corrected chi connectivity index (χ0v) is 14.4. The molecule has 0 aromatic carbocycles. The Balaban J connectivity index is 1.73. The van der Waals surface area contributed by atoms with Gasteiger partial charge in [-0.25, -0.2) is 4.79 Å². The van der Waals surface area contributed by atoms with Crippen LogP contribution in [0.4, 0.5) is 0 Å². The van der Waals surface area contributed by atoms with Crippen molar-refractivity contribution in [2.45, 2.75) is 31.8 Å². The molecule has 1 aliphatic heterocycles. The van der Waals surface area contributed by atoms with Crippen molar-refractivity contribution >= 4 is 11.9 Å². The van der Waals surface area contributed by atoms with E-state index < -0.39 is 11.5 Å². The average Bonchev–Trinajstić information content (AvgIpc) is 3.29. The third kappa shape index (κ3) is 3.30. The van der Waals surface area contributed by atoms with Crippen molar-refractivity contribution in [2.24, 2.45) is 0 Å². The van der Waals surface area contributed by atoms with Crippen LogP contribution in [0.1, 0.15) is 34.7 Å². The minimum absolute atomic E-state index is 0.105. The Labute approximate surface area is 145 Å². The van der Waals surface area contributed by atoms with Crippen LogP contribution in [0.2, 0.25) is 0 Å². The van der Waals surface area contributed by atoms with Crippen LogP contribution in [0.5, 0.6) is 0 Å². The number of hydrogen-bond donors (Lipinski definition) is 2. The fourth-order valence-corrected chi connectivity index (χ4v) is 3.20. The lowest BCUT2D eigenvalue weighted by Crippen LogP contribution is -2.54. The van der Waals surface area contributed by atoms with Gasteiger partial charge >= 0.3 is 5.97 Å². The van der Waals surface area contributed by atoms with Crippen LogP contribution in [0.3, 0.4) is 0 Å². The summed E-state index contributed by atoms with van der Waals surface area (Å²) in [7, 11) is 1.32. The second-order valence-electron chi connectivity index (χ2n) is 6.09. The predicted octanol–water partition coefficient (Wildman–Crippen LogP) is 0.966. The molecule has 8 heteroatoms. The van der Waals surface area contributed by atoms with Gasteiger partial charge in [0.05, 0.1) is 13.7 Å². The molecule has 2 aromatic rings. The second kappa shape index (κ2) is 7.10. The van der Waals surface area contributed by atoms with Crippen LogP contribution >= 0.6 is 0 Å². The minimum atomic E-state index is -0.707. The third-order valence-corrected chi connectivity index (χ3v) is 4.59. The van der Waals surface area contributed by atoms with Gasteiger partial charge in [-0.05, 0) is 45.0 Å². The first-order chi connectivity index (χ1) is 12.1. The van der Waals surface area contributed by atoms with Crippen molar-refractivity contribution in [1.82, 2.24) is 20.4 Å². The fraction of sp³-hybridized carbons (Fsp3) is 0.471. The molecule has 0 unspecified atom stereocenters. The topological polar surface area (TPSA) is 98.4 Å². The average molecular weight is 346 g/mol. The lowest BCUT2D eigenvalue weighted by atomic mass is 9.87. The molecule has 0 radical (unpaired) electrons. The normalized spacial score (nSPS) is 16.4. The molecule has 0 aliphatic carbocycles. The monoisotopic (exact) mass is 346 g/mol. The molecule has 3 heterocycles. The number of aromatic nitrogens is 2. The number of ether oxygens (including phenoxy) is 1. The van der Waals surface area contributed by atoms with Crippen LogP contribution in [0.25, 0.3) is 0 Å². The third-order valence-electron chi connectivity index (χ3n) is 4.59. The molecule has 2 N–H and O–H groups in total. The maximum atomic E-state index is 12.9. The number of furan rings is 1. The number of methoxy groups -OCH3 is 1. The summed E-state index contributed by atoms with van der Waals surface area (Å²) >= 11 is 0. The Kier molecular flexibility index (Phi) is 4.89. The number of amides is 1. The van der Waals surface area contributed by atoms with E-state index in [1.54, 1.807) is 23.9 Å². The standard InChI is InChI=1S/C17H22N4O4/c1-12-14(15(22)24-2)10-13(25-12)11-19-16(23)17(4-7-18-8-5-17)21-9-3-6-20-21/h3,6,9-10,18H,4-5,7-8,11H2,1-2H3,(H,19,23). The molecule has 8 nitrogen and oxygen atoms in total. The zero-order valence-electron chi connectivity index (χ0n) is 14.4. The first-order valence-electron chi connectivity index (χ1n) is 8.23. The summed E-state index contributed by atoms with van der Waals surface area (Å²) in [6.45, 7) is 3.39. The van der Waals surface area contributed by atoms with Crippen molar-refractivity contribution in [3.8, 4) is 0 Å². The predicted molar refractivity (Wildman–Crippen MR) is 88.9 cm³/mol. The molecular weight excluding hydrogens is 324 g/mol. The highest BCUT2D eigenvalue weighted by molar-refractivity contribution is 5.90. The van der Waals surface area contributed by atoms with Gasteiger partial charge in [-0.15, -0.1) is 0 Å². The van der Waals surface area contributed by atoms with Crippen LogP contribution in [0.15, 0.2) is 28.9 Å². The molecule has 0 atom stereocenters. The quantitative estimate of drug-likeness (QED) is 0.783. The second-order valence-corrected chi connectivity index (χ2v) is 6.09. The number of rotatable bonds is 5. The first-order valence-corrected chi connectivity index (χ1v) is 8.23. The summed E-state index contributed by atoms with van der Waals surface area (Å²) < 4.78 is 12.0. The van der Waals surface area contributed by atoms with E-state index in [4.69, 9.17) is 9.15 Å². The van der Waals surface area contributed by atoms with E-state index in [2.05, 4.69) is 15.7 Å². The highest BCUT2D eigenvalue weighted by Gasteiger charge is 2.41. The summed E-state index contributed by atoms with van der Waals surface area (Å²) in [5, 5.41) is 10.5. The molecule has 25 heavy (non-hydrogen) atoms. The number of nitrogens with zero attached hydrogens (tertiary/aromatic N) is 2. The van der Waals surface area contributed by atoms with E-state index in [0.29, 0.717) is 29.9 Å². The minimum Gasteiger partial charge on any atom is -0.465 e. The molecule has 2 aromatic heterocycles.